The van der Waals surface area contributed by atoms with E-state index in [1.165, 1.54) is 11.8 Å². The van der Waals surface area contributed by atoms with Gasteiger partial charge in [-0.1, -0.05) is 54.4 Å². The number of imide groups is 1. The fourth-order valence-electron chi connectivity index (χ4n) is 3.59. The Morgan fingerprint density at radius 3 is 2.35 bits per heavy atom. The number of thioether (sulfide) groups is 1. The molecule has 190 valence electrons. The number of nitrogens with one attached hydrogen (secondary N) is 1. The molecule has 0 aromatic heterocycles. The molecule has 0 unspecified atom stereocenters. The summed E-state index contributed by atoms with van der Waals surface area (Å²) in [5, 5.41) is 4.23. The lowest BCUT2D eigenvalue weighted by molar-refractivity contribution is -0.120. The van der Waals surface area contributed by atoms with Crippen LogP contribution in [-0.2, 0) is 14.3 Å². The van der Waals surface area contributed by atoms with Crippen LogP contribution in [0.3, 0.4) is 0 Å². The molecule has 6 nitrogen and oxygen atoms in total. The van der Waals surface area contributed by atoms with E-state index >= 15 is 0 Å². The second-order valence-corrected chi connectivity index (χ2v) is 10.2. The molecule has 4 rings (SSSR count). The Hall–Kier alpha value is -3.26. The van der Waals surface area contributed by atoms with Crippen LogP contribution in [-0.4, -0.2) is 24.4 Å². The van der Waals surface area contributed by atoms with Gasteiger partial charge in [0.25, 0.3) is 11.8 Å². The summed E-state index contributed by atoms with van der Waals surface area (Å²) >= 11 is 13.5. The summed E-state index contributed by atoms with van der Waals surface area (Å²) < 4.78 is 5.24. The van der Waals surface area contributed by atoms with Gasteiger partial charge in [0.1, 0.15) is 10.6 Å². The lowest BCUT2D eigenvalue weighted by Crippen LogP contribution is -2.32. The number of halogens is 2. The molecule has 9 heteroatoms. The number of esters is 1. The predicted molar refractivity (Wildman–Crippen MR) is 148 cm³/mol. The zero-order chi connectivity index (χ0) is 26.5. The van der Waals surface area contributed by atoms with Gasteiger partial charge in [-0.2, -0.15) is 0 Å². The fourth-order valence-corrected chi connectivity index (χ4v) is 4.81. The minimum atomic E-state index is -0.515. The van der Waals surface area contributed by atoms with Crippen molar-refractivity contribution in [3.8, 4) is 0 Å². The average molecular weight is 555 g/mol. The quantitative estimate of drug-likeness (QED) is 0.170. The molecular weight excluding hydrogens is 531 g/mol. The number of ether oxygens (including phenoxy) is 1. The summed E-state index contributed by atoms with van der Waals surface area (Å²) in [6.07, 6.45) is 1.70. The first-order valence-electron chi connectivity index (χ1n) is 11.7. The van der Waals surface area contributed by atoms with Crippen LogP contribution in [0.5, 0.6) is 0 Å². The largest absolute Gasteiger partial charge is 0.462 e. The van der Waals surface area contributed by atoms with Gasteiger partial charge in [-0.25, -0.2) is 9.69 Å². The summed E-state index contributed by atoms with van der Waals surface area (Å²) in [5.41, 5.74) is 2.19. The molecule has 1 aliphatic heterocycles. The standard InChI is InChI=1S/C28H24Cl2N2O4S/c1-3-4-16-36-28(35)18-8-12-20(13-9-18)32-26(33)24(31-23-7-5-6-22(30)17(23)2)25(27(32)34)37-21-14-10-19(29)11-15-21/h5-15,31H,3-4,16H2,1-2H3. The number of nitrogens with zero attached hydrogens (tertiary/aromatic N) is 1. The third kappa shape index (κ3) is 6.01. The second-order valence-electron chi connectivity index (χ2n) is 8.28. The molecule has 0 saturated carbocycles. The Morgan fingerprint density at radius 2 is 1.68 bits per heavy atom. The molecule has 1 aliphatic rings. The monoisotopic (exact) mass is 554 g/mol. The van der Waals surface area contributed by atoms with E-state index in [2.05, 4.69) is 5.32 Å². The van der Waals surface area contributed by atoms with Crippen LogP contribution < -0.4 is 10.2 Å². The highest BCUT2D eigenvalue weighted by molar-refractivity contribution is 8.04. The lowest BCUT2D eigenvalue weighted by atomic mass is 10.2. The molecule has 0 spiro atoms. The predicted octanol–water partition coefficient (Wildman–Crippen LogP) is 7.25. The van der Waals surface area contributed by atoms with E-state index in [-0.39, 0.29) is 10.6 Å². The number of amides is 2. The SMILES string of the molecule is CCCCOC(=O)c1ccc(N2C(=O)C(Nc3cccc(Cl)c3C)=C(Sc3ccc(Cl)cc3)C2=O)cc1. The van der Waals surface area contributed by atoms with E-state index in [0.29, 0.717) is 33.6 Å². The summed E-state index contributed by atoms with van der Waals surface area (Å²) in [6, 6.07) is 18.5. The van der Waals surface area contributed by atoms with Crippen LogP contribution in [0.25, 0.3) is 0 Å². The Bertz CT molecular complexity index is 1370. The second kappa shape index (κ2) is 11.9. The summed E-state index contributed by atoms with van der Waals surface area (Å²) in [6.45, 7) is 4.18. The first kappa shape index (κ1) is 26.8. The number of unbranched alkanes of at least 4 members (excludes halogenated alkanes) is 1. The highest BCUT2D eigenvalue weighted by Gasteiger charge is 2.40. The third-order valence-corrected chi connectivity index (χ3v) is 7.45. The number of anilines is 2. The molecule has 0 radical (unpaired) electrons. The van der Waals surface area contributed by atoms with Gasteiger partial charge in [0.15, 0.2) is 0 Å². The van der Waals surface area contributed by atoms with E-state index in [0.717, 1.165) is 28.2 Å². The molecular formula is C28H24Cl2N2O4S. The zero-order valence-electron chi connectivity index (χ0n) is 20.2. The molecule has 0 atom stereocenters. The summed E-state index contributed by atoms with van der Waals surface area (Å²) in [7, 11) is 0. The van der Waals surface area contributed by atoms with Gasteiger partial charge in [0, 0.05) is 20.6 Å². The highest BCUT2D eigenvalue weighted by Crippen LogP contribution is 2.39. The molecule has 0 saturated heterocycles. The molecule has 0 bridgehead atoms. The van der Waals surface area contributed by atoms with Crippen molar-refractivity contribution in [3.63, 3.8) is 0 Å². The topological polar surface area (TPSA) is 75.7 Å². The summed E-state index contributed by atoms with van der Waals surface area (Å²) in [5.74, 6) is -1.44. The smallest absolute Gasteiger partial charge is 0.338 e. The maximum atomic E-state index is 13.6. The number of hydrogen-bond acceptors (Lipinski definition) is 6. The Morgan fingerprint density at radius 1 is 0.973 bits per heavy atom. The molecule has 37 heavy (non-hydrogen) atoms. The number of carbonyl (C=O) groups is 3. The number of hydrogen-bond donors (Lipinski definition) is 1. The molecule has 0 fully saturated rings. The third-order valence-electron chi connectivity index (χ3n) is 5.69. The van der Waals surface area contributed by atoms with Gasteiger partial charge in [0.05, 0.1) is 17.9 Å². The van der Waals surface area contributed by atoms with Crippen LogP contribution in [0.2, 0.25) is 10.0 Å². The zero-order valence-corrected chi connectivity index (χ0v) is 22.5. The van der Waals surface area contributed by atoms with Gasteiger partial charge in [-0.05, 0) is 79.6 Å². The van der Waals surface area contributed by atoms with Gasteiger partial charge >= 0.3 is 5.97 Å². The van der Waals surface area contributed by atoms with Crippen molar-refractivity contribution >= 4 is 64.1 Å². The van der Waals surface area contributed by atoms with E-state index in [1.807, 2.05) is 13.8 Å². The minimum absolute atomic E-state index is 0.137. The van der Waals surface area contributed by atoms with Crippen molar-refractivity contribution in [2.24, 2.45) is 0 Å². The van der Waals surface area contributed by atoms with Gasteiger partial charge in [-0.15, -0.1) is 0 Å². The molecule has 3 aromatic carbocycles. The molecule has 1 heterocycles. The van der Waals surface area contributed by atoms with Gasteiger partial charge in [-0.3, -0.25) is 9.59 Å². The summed E-state index contributed by atoms with van der Waals surface area (Å²) in [4.78, 5) is 41.5. The van der Waals surface area contributed by atoms with E-state index in [9.17, 15) is 14.4 Å². The first-order valence-corrected chi connectivity index (χ1v) is 13.2. The van der Waals surface area contributed by atoms with Crippen molar-refractivity contribution in [2.45, 2.75) is 31.6 Å². The van der Waals surface area contributed by atoms with Crippen molar-refractivity contribution in [2.75, 3.05) is 16.8 Å². The normalized spacial score (nSPS) is 13.4. The van der Waals surface area contributed by atoms with Crippen LogP contribution in [0.1, 0.15) is 35.7 Å². The highest BCUT2D eigenvalue weighted by atomic mass is 35.5. The number of carbonyl (C=O) groups excluding carboxylic acids is 3. The van der Waals surface area contributed by atoms with Crippen molar-refractivity contribution in [3.05, 3.63) is 98.5 Å². The molecule has 0 aliphatic carbocycles. The first-order chi connectivity index (χ1) is 17.8. The van der Waals surface area contributed by atoms with E-state index in [1.54, 1.807) is 66.7 Å². The number of benzene rings is 3. The van der Waals surface area contributed by atoms with Gasteiger partial charge in [0.2, 0.25) is 0 Å². The Labute approximate surface area is 229 Å². The van der Waals surface area contributed by atoms with Crippen LogP contribution in [0.4, 0.5) is 11.4 Å². The van der Waals surface area contributed by atoms with Crippen LogP contribution >= 0.6 is 35.0 Å². The van der Waals surface area contributed by atoms with Crippen molar-refractivity contribution < 1.29 is 19.1 Å². The van der Waals surface area contributed by atoms with Gasteiger partial charge < -0.3 is 10.1 Å². The van der Waals surface area contributed by atoms with Crippen molar-refractivity contribution in [1.82, 2.24) is 0 Å². The van der Waals surface area contributed by atoms with Crippen molar-refractivity contribution in [1.29, 1.82) is 0 Å². The Kier molecular flexibility index (Phi) is 8.59. The maximum Gasteiger partial charge on any atom is 0.338 e. The average Bonchev–Trinajstić information content (AvgIpc) is 3.12. The lowest BCUT2D eigenvalue weighted by Gasteiger charge is -2.16. The minimum Gasteiger partial charge on any atom is -0.462 e. The fraction of sp³-hybridized carbons (Fsp3) is 0.179. The molecule has 3 aromatic rings. The Balaban J connectivity index is 1.65. The number of rotatable bonds is 9. The maximum absolute atomic E-state index is 13.6. The van der Waals surface area contributed by atoms with E-state index in [4.69, 9.17) is 27.9 Å². The van der Waals surface area contributed by atoms with E-state index < -0.39 is 17.8 Å². The molecule has 2 amide bonds. The molecule has 1 N–H and O–H groups in total. The van der Waals surface area contributed by atoms with Crippen LogP contribution in [0.15, 0.2) is 82.2 Å². The van der Waals surface area contributed by atoms with Crippen LogP contribution in [0, 0.1) is 6.92 Å².